The average molecular weight is 342 g/mol. The van der Waals surface area contributed by atoms with Crippen molar-refractivity contribution in [1.29, 1.82) is 0 Å². The average Bonchev–Trinajstić information content (AvgIpc) is 3.05. The predicted octanol–water partition coefficient (Wildman–Crippen LogP) is 3.94. The molecule has 0 saturated heterocycles. The van der Waals surface area contributed by atoms with E-state index < -0.39 is 0 Å². The lowest BCUT2D eigenvalue weighted by Gasteiger charge is -2.02. The van der Waals surface area contributed by atoms with Crippen LogP contribution in [-0.2, 0) is 6.54 Å². The molecule has 0 bridgehead atoms. The Labute approximate surface area is 144 Å². The molecule has 2 aromatic carbocycles. The first kappa shape index (κ1) is 16.2. The van der Waals surface area contributed by atoms with Gasteiger partial charge in [-0.3, -0.25) is 4.79 Å². The van der Waals surface area contributed by atoms with E-state index in [2.05, 4.69) is 15.5 Å². The summed E-state index contributed by atoms with van der Waals surface area (Å²) in [5, 5.41) is 7.33. The minimum absolute atomic E-state index is 0.166. The molecule has 0 aliphatic rings. The summed E-state index contributed by atoms with van der Waals surface area (Å²) in [6.45, 7) is 4.06. The molecule has 1 aromatic heterocycles. The number of carbonyl (C=O) groups excluding carboxylic acids is 1. The highest BCUT2D eigenvalue weighted by Gasteiger charge is 2.11. The van der Waals surface area contributed by atoms with Crippen molar-refractivity contribution < 1.29 is 9.32 Å². The van der Waals surface area contributed by atoms with Gasteiger partial charge in [0.05, 0.1) is 6.54 Å². The van der Waals surface area contributed by atoms with Gasteiger partial charge in [0.1, 0.15) is 0 Å². The molecule has 24 heavy (non-hydrogen) atoms. The van der Waals surface area contributed by atoms with Crippen molar-refractivity contribution in [3.05, 3.63) is 70.1 Å². The number of aryl methyl sites for hydroxylation is 2. The third kappa shape index (κ3) is 3.63. The van der Waals surface area contributed by atoms with Crippen molar-refractivity contribution in [2.24, 2.45) is 0 Å². The molecule has 0 spiro atoms. The van der Waals surface area contributed by atoms with Crippen LogP contribution >= 0.6 is 11.6 Å². The maximum absolute atomic E-state index is 12.1. The molecule has 122 valence electrons. The second-order valence-corrected chi connectivity index (χ2v) is 5.93. The molecule has 3 aromatic rings. The fourth-order valence-corrected chi connectivity index (χ4v) is 2.32. The fourth-order valence-electron chi connectivity index (χ4n) is 2.14. The summed E-state index contributed by atoms with van der Waals surface area (Å²) < 4.78 is 5.18. The third-order valence-electron chi connectivity index (χ3n) is 3.61. The van der Waals surface area contributed by atoms with E-state index in [0.29, 0.717) is 22.3 Å². The van der Waals surface area contributed by atoms with Gasteiger partial charge in [-0.15, -0.1) is 0 Å². The van der Waals surface area contributed by atoms with Crippen molar-refractivity contribution >= 4 is 17.5 Å². The minimum Gasteiger partial charge on any atom is -0.343 e. The van der Waals surface area contributed by atoms with Crippen LogP contribution in [0.15, 0.2) is 47.0 Å². The maximum atomic E-state index is 12.1. The Bertz CT molecular complexity index is 872. The second kappa shape index (κ2) is 6.84. The Kier molecular flexibility index (Phi) is 4.62. The smallest absolute Gasteiger partial charge is 0.251 e. The van der Waals surface area contributed by atoms with Gasteiger partial charge in [0.2, 0.25) is 11.7 Å². The van der Waals surface area contributed by atoms with Gasteiger partial charge < -0.3 is 9.84 Å². The van der Waals surface area contributed by atoms with Gasteiger partial charge in [0.15, 0.2) is 0 Å². The molecule has 6 heteroatoms. The number of aromatic nitrogens is 2. The van der Waals surface area contributed by atoms with Crippen LogP contribution < -0.4 is 5.32 Å². The Morgan fingerprint density at radius 3 is 2.62 bits per heavy atom. The van der Waals surface area contributed by atoms with Crippen molar-refractivity contribution in [1.82, 2.24) is 15.5 Å². The molecule has 1 amide bonds. The van der Waals surface area contributed by atoms with Crippen LogP contribution in [0.25, 0.3) is 11.4 Å². The lowest BCUT2D eigenvalue weighted by Crippen LogP contribution is -2.22. The number of nitrogens with zero attached hydrogens (tertiary/aromatic N) is 2. The van der Waals surface area contributed by atoms with Gasteiger partial charge >= 0.3 is 0 Å². The molecule has 1 heterocycles. The van der Waals surface area contributed by atoms with E-state index in [4.69, 9.17) is 16.1 Å². The number of carbonyl (C=O) groups is 1. The molecular weight excluding hydrogens is 326 g/mol. The van der Waals surface area contributed by atoms with Gasteiger partial charge in [0.25, 0.3) is 5.91 Å². The zero-order chi connectivity index (χ0) is 17.1. The largest absolute Gasteiger partial charge is 0.343 e. The van der Waals surface area contributed by atoms with Crippen LogP contribution in [0.2, 0.25) is 5.02 Å². The van der Waals surface area contributed by atoms with Crippen LogP contribution in [-0.4, -0.2) is 16.0 Å². The number of halogens is 1. The Hall–Kier alpha value is -2.66. The van der Waals surface area contributed by atoms with Gasteiger partial charge in [-0.1, -0.05) is 46.6 Å². The highest BCUT2D eigenvalue weighted by Crippen LogP contribution is 2.23. The van der Waals surface area contributed by atoms with Crippen LogP contribution in [0.3, 0.4) is 0 Å². The Morgan fingerprint density at radius 1 is 1.17 bits per heavy atom. The SMILES string of the molecule is Cc1ccc(C(=O)NCc2nc(-c3ccc(C)c(Cl)c3)no2)cc1. The van der Waals surface area contributed by atoms with E-state index in [9.17, 15) is 4.79 Å². The number of benzene rings is 2. The minimum atomic E-state index is -0.187. The van der Waals surface area contributed by atoms with Crippen LogP contribution in [0.1, 0.15) is 27.4 Å². The third-order valence-corrected chi connectivity index (χ3v) is 4.02. The lowest BCUT2D eigenvalue weighted by atomic mass is 10.1. The zero-order valence-corrected chi connectivity index (χ0v) is 14.1. The zero-order valence-electron chi connectivity index (χ0n) is 13.3. The van der Waals surface area contributed by atoms with Crippen LogP contribution in [0.4, 0.5) is 0 Å². The molecule has 5 nitrogen and oxygen atoms in total. The topological polar surface area (TPSA) is 68.0 Å². The summed E-state index contributed by atoms with van der Waals surface area (Å²) in [7, 11) is 0. The van der Waals surface area contributed by atoms with E-state index in [-0.39, 0.29) is 12.5 Å². The normalized spacial score (nSPS) is 10.6. The first-order valence-electron chi connectivity index (χ1n) is 7.47. The fraction of sp³-hybridized carbons (Fsp3) is 0.167. The van der Waals surface area contributed by atoms with E-state index in [1.165, 1.54) is 0 Å². The first-order valence-corrected chi connectivity index (χ1v) is 7.85. The highest BCUT2D eigenvalue weighted by molar-refractivity contribution is 6.31. The molecule has 1 N–H and O–H groups in total. The number of hydrogen-bond donors (Lipinski definition) is 1. The van der Waals surface area contributed by atoms with Crippen LogP contribution in [0.5, 0.6) is 0 Å². The molecule has 3 rings (SSSR count). The standard InChI is InChI=1S/C18H16ClN3O2/c1-11-3-6-13(7-4-11)18(23)20-10-16-21-17(22-24-16)14-8-5-12(2)15(19)9-14/h3-9H,10H2,1-2H3,(H,20,23). The van der Waals surface area contributed by atoms with Crippen molar-refractivity contribution in [2.75, 3.05) is 0 Å². The van der Waals surface area contributed by atoms with Gasteiger partial charge in [-0.05, 0) is 37.6 Å². The highest BCUT2D eigenvalue weighted by atomic mass is 35.5. The second-order valence-electron chi connectivity index (χ2n) is 5.52. The predicted molar refractivity (Wildman–Crippen MR) is 91.8 cm³/mol. The molecule has 0 saturated carbocycles. The quantitative estimate of drug-likeness (QED) is 0.780. The Morgan fingerprint density at radius 2 is 1.92 bits per heavy atom. The molecule has 0 fully saturated rings. The first-order chi connectivity index (χ1) is 11.5. The molecule has 0 unspecified atom stereocenters. The number of nitrogens with one attached hydrogen (secondary N) is 1. The van der Waals surface area contributed by atoms with Crippen molar-refractivity contribution in [3.63, 3.8) is 0 Å². The monoisotopic (exact) mass is 341 g/mol. The lowest BCUT2D eigenvalue weighted by molar-refractivity contribution is 0.0946. The number of rotatable bonds is 4. The summed E-state index contributed by atoms with van der Waals surface area (Å²) in [6.07, 6.45) is 0. The van der Waals surface area contributed by atoms with Crippen LogP contribution in [0, 0.1) is 13.8 Å². The molecule has 0 aliphatic heterocycles. The summed E-state index contributed by atoms with van der Waals surface area (Å²) in [5.41, 5.74) is 3.44. The van der Waals surface area contributed by atoms with E-state index in [1.807, 2.05) is 38.1 Å². The summed E-state index contributed by atoms with van der Waals surface area (Å²) in [6, 6.07) is 12.9. The summed E-state index contributed by atoms with van der Waals surface area (Å²) in [5.74, 6) is 0.590. The molecule has 0 radical (unpaired) electrons. The van der Waals surface area contributed by atoms with E-state index in [0.717, 1.165) is 16.7 Å². The maximum Gasteiger partial charge on any atom is 0.251 e. The summed E-state index contributed by atoms with van der Waals surface area (Å²) in [4.78, 5) is 16.3. The van der Waals surface area contributed by atoms with Gasteiger partial charge in [-0.2, -0.15) is 4.98 Å². The number of amides is 1. The van der Waals surface area contributed by atoms with Gasteiger partial charge in [0, 0.05) is 16.1 Å². The van der Waals surface area contributed by atoms with E-state index >= 15 is 0 Å². The summed E-state index contributed by atoms with van der Waals surface area (Å²) >= 11 is 6.11. The van der Waals surface area contributed by atoms with Crippen molar-refractivity contribution in [2.45, 2.75) is 20.4 Å². The Balaban J connectivity index is 1.66. The molecule has 0 aliphatic carbocycles. The van der Waals surface area contributed by atoms with E-state index in [1.54, 1.807) is 18.2 Å². The van der Waals surface area contributed by atoms with Crippen molar-refractivity contribution in [3.8, 4) is 11.4 Å². The van der Waals surface area contributed by atoms with Gasteiger partial charge in [-0.25, -0.2) is 0 Å². The molecular formula is C18H16ClN3O2. The molecule has 0 atom stereocenters. The number of hydrogen-bond acceptors (Lipinski definition) is 4.